The summed E-state index contributed by atoms with van der Waals surface area (Å²) in [5.74, 6) is 1.43. The van der Waals surface area contributed by atoms with Gasteiger partial charge in [0.2, 0.25) is 0 Å². The van der Waals surface area contributed by atoms with E-state index in [1.807, 2.05) is 66.9 Å². The lowest BCUT2D eigenvalue weighted by Crippen LogP contribution is -2.51. The number of aromatic nitrogens is 1. The predicted molar refractivity (Wildman–Crippen MR) is 136 cm³/mol. The Balaban J connectivity index is 1.53. The topological polar surface area (TPSA) is 122 Å². The summed E-state index contributed by atoms with van der Waals surface area (Å²) in [6, 6.07) is 18.8. The summed E-state index contributed by atoms with van der Waals surface area (Å²) in [7, 11) is 1.77. The average molecular weight is 462 g/mol. The molecule has 0 aliphatic carbocycles. The van der Waals surface area contributed by atoms with Crippen molar-refractivity contribution in [3.05, 3.63) is 78.0 Å². The minimum absolute atomic E-state index is 0.0109. The van der Waals surface area contributed by atoms with Crippen molar-refractivity contribution in [2.45, 2.75) is 6.04 Å². The smallest absolute Gasteiger partial charge is 0.323 e. The zero-order valence-electron chi connectivity index (χ0n) is 19.2. The number of β-amino-alcohol motifs (C(OH)–C–C–N with tert-alkyl or cyclic N) is 1. The predicted octanol–water partition coefficient (Wildman–Crippen LogP) is 2.97. The molecule has 1 unspecified atom stereocenters. The molecule has 1 fully saturated rings. The first-order valence-electron chi connectivity index (χ1n) is 11.3. The number of aliphatic hydroxyl groups excluding tert-OH is 1. The number of aromatic amines is 1. The van der Waals surface area contributed by atoms with Crippen molar-refractivity contribution >= 4 is 29.1 Å². The Labute approximate surface area is 199 Å². The monoisotopic (exact) mass is 461 g/mol. The highest BCUT2D eigenvalue weighted by Crippen LogP contribution is 2.29. The highest BCUT2D eigenvalue weighted by atomic mass is 16.3. The number of carbonyl (C=O) groups is 1. The standard InChI is InChI=1S/C25H31N7O2/c1-27-24(21-10-11-28-23(21)26)32-13-12-31(14-15-33)22(17-32)18-6-5-9-20(16-18)30-25(34)29-19-7-3-2-4-8-19/h2-11,16,22,28,33H,12-15,17,26H2,1H3,(H2,29,30,34). The fourth-order valence-electron chi connectivity index (χ4n) is 4.37. The SMILES string of the molecule is CN=C(c1cc[nH]c1N)N1CCN(CCO)C(c2cccc(NC(=O)Nc3ccccc3)c2)C1. The van der Waals surface area contributed by atoms with Crippen LogP contribution in [-0.4, -0.2) is 71.6 Å². The molecule has 0 spiro atoms. The van der Waals surface area contributed by atoms with Crippen LogP contribution in [0.2, 0.25) is 0 Å². The summed E-state index contributed by atoms with van der Waals surface area (Å²) >= 11 is 0. The Hall–Kier alpha value is -3.82. The highest BCUT2D eigenvalue weighted by Gasteiger charge is 2.30. The van der Waals surface area contributed by atoms with Gasteiger partial charge in [-0.1, -0.05) is 30.3 Å². The number of nitrogens with two attached hydrogens (primary N) is 1. The lowest BCUT2D eigenvalue weighted by molar-refractivity contribution is 0.0905. The van der Waals surface area contributed by atoms with Gasteiger partial charge in [-0.2, -0.15) is 0 Å². The minimum atomic E-state index is -0.302. The molecule has 1 aliphatic heterocycles. The van der Waals surface area contributed by atoms with Crippen molar-refractivity contribution in [2.24, 2.45) is 4.99 Å². The third kappa shape index (κ3) is 5.38. The van der Waals surface area contributed by atoms with E-state index in [0.717, 1.165) is 35.7 Å². The molecule has 0 saturated carbocycles. The number of hydrogen-bond acceptors (Lipinski definition) is 5. The molecule has 0 radical (unpaired) electrons. The van der Waals surface area contributed by atoms with Crippen LogP contribution in [0.15, 0.2) is 71.9 Å². The van der Waals surface area contributed by atoms with Gasteiger partial charge in [-0.15, -0.1) is 0 Å². The maximum absolute atomic E-state index is 12.5. The summed E-state index contributed by atoms with van der Waals surface area (Å²) in [4.78, 5) is 24.5. The van der Waals surface area contributed by atoms with Crippen LogP contribution < -0.4 is 16.4 Å². The summed E-state index contributed by atoms with van der Waals surface area (Å²) in [6.45, 7) is 2.85. The number of aliphatic hydroxyl groups is 1. The van der Waals surface area contributed by atoms with Gasteiger partial charge in [0.25, 0.3) is 0 Å². The average Bonchev–Trinajstić information content (AvgIpc) is 3.27. The molecule has 3 aromatic rings. The lowest BCUT2D eigenvalue weighted by atomic mass is 10.0. The number of nitrogen functional groups attached to an aromatic ring is 1. The number of nitrogens with one attached hydrogen (secondary N) is 3. The fraction of sp³-hybridized carbons (Fsp3) is 0.280. The second-order valence-electron chi connectivity index (χ2n) is 8.14. The first kappa shape index (κ1) is 23.3. The van der Waals surface area contributed by atoms with Crippen LogP contribution in [0.4, 0.5) is 22.0 Å². The van der Waals surface area contributed by atoms with Crippen molar-refractivity contribution in [3.8, 4) is 0 Å². The third-order valence-electron chi connectivity index (χ3n) is 5.97. The number of para-hydroxylation sites is 1. The molecule has 9 nitrogen and oxygen atoms in total. The quantitative estimate of drug-likeness (QED) is 0.285. The number of anilines is 3. The Morgan fingerprint density at radius 3 is 2.59 bits per heavy atom. The highest BCUT2D eigenvalue weighted by molar-refractivity contribution is 6.02. The second-order valence-corrected chi connectivity index (χ2v) is 8.14. The fourth-order valence-corrected chi connectivity index (χ4v) is 4.37. The molecule has 1 aliphatic rings. The van der Waals surface area contributed by atoms with Gasteiger partial charge in [0, 0.05) is 50.8 Å². The third-order valence-corrected chi connectivity index (χ3v) is 5.97. The van der Waals surface area contributed by atoms with Crippen molar-refractivity contribution < 1.29 is 9.90 Å². The van der Waals surface area contributed by atoms with Crippen LogP contribution >= 0.6 is 0 Å². The van der Waals surface area contributed by atoms with E-state index in [0.29, 0.717) is 24.6 Å². The van der Waals surface area contributed by atoms with E-state index in [2.05, 4.69) is 30.4 Å². The molecular weight excluding hydrogens is 430 g/mol. The van der Waals surface area contributed by atoms with E-state index in [4.69, 9.17) is 5.73 Å². The molecule has 4 rings (SSSR count). The number of benzene rings is 2. The lowest BCUT2D eigenvalue weighted by Gasteiger charge is -2.42. The van der Waals surface area contributed by atoms with Gasteiger partial charge in [0.15, 0.2) is 0 Å². The second kappa shape index (κ2) is 10.9. The molecule has 1 saturated heterocycles. The molecule has 2 aromatic carbocycles. The number of rotatable bonds is 6. The molecule has 2 amide bonds. The van der Waals surface area contributed by atoms with Crippen molar-refractivity contribution in [1.82, 2.24) is 14.8 Å². The number of piperazine rings is 1. The van der Waals surface area contributed by atoms with Crippen molar-refractivity contribution in [2.75, 3.05) is 56.2 Å². The maximum atomic E-state index is 12.5. The Morgan fingerprint density at radius 1 is 1.12 bits per heavy atom. The Bertz CT molecular complexity index is 1130. The van der Waals surface area contributed by atoms with Crippen LogP contribution in [-0.2, 0) is 0 Å². The molecule has 34 heavy (non-hydrogen) atoms. The van der Waals surface area contributed by atoms with Gasteiger partial charge in [0.05, 0.1) is 18.2 Å². The van der Waals surface area contributed by atoms with E-state index < -0.39 is 0 Å². The first-order valence-corrected chi connectivity index (χ1v) is 11.3. The van der Waals surface area contributed by atoms with Gasteiger partial charge in [-0.3, -0.25) is 9.89 Å². The number of hydrogen-bond donors (Lipinski definition) is 5. The molecule has 2 heterocycles. The number of amidine groups is 1. The number of nitrogens with zero attached hydrogens (tertiary/aromatic N) is 3. The number of H-pyrrole nitrogens is 1. The largest absolute Gasteiger partial charge is 0.395 e. The minimum Gasteiger partial charge on any atom is -0.395 e. The van der Waals surface area contributed by atoms with Gasteiger partial charge in [-0.25, -0.2) is 4.79 Å². The van der Waals surface area contributed by atoms with Gasteiger partial charge >= 0.3 is 6.03 Å². The molecule has 6 N–H and O–H groups in total. The number of carbonyl (C=O) groups excluding carboxylic acids is 1. The van der Waals surface area contributed by atoms with Crippen molar-refractivity contribution in [1.29, 1.82) is 0 Å². The van der Waals surface area contributed by atoms with Gasteiger partial charge < -0.3 is 31.4 Å². The van der Waals surface area contributed by atoms with Crippen LogP contribution in [0.5, 0.6) is 0 Å². The van der Waals surface area contributed by atoms with Crippen molar-refractivity contribution in [3.63, 3.8) is 0 Å². The molecule has 1 atom stereocenters. The number of urea groups is 1. The van der Waals surface area contributed by atoms with Gasteiger partial charge in [0.1, 0.15) is 11.7 Å². The van der Waals surface area contributed by atoms with Crippen LogP contribution in [0.3, 0.4) is 0 Å². The first-order chi connectivity index (χ1) is 16.6. The summed E-state index contributed by atoms with van der Waals surface area (Å²) in [5, 5.41) is 15.4. The molecule has 1 aromatic heterocycles. The Kier molecular flexibility index (Phi) is 7.46. The van der Waals surface area contributed by atoms with Crippen LogP contribution in [0, 0.1) is 0 Å². The zero-order chi connectivity index (χ0) is 23.9. The zero-order valence-corrected chi connectivity index (χ0v) is 19.2. The van der Waals surface area contributed by atoms with Gasteiger partial charge in [-0.05, 0) is 35.9 Å². The van der Waals surface area contributed by atoms with E-state index >= 15 is 0 Å². The van der Waals surface area contributed by atoms with E-state index in [-0.39, 0.29) is 18.7 Å². The van der Waals surface area contributed by atoms with Crippen LogP contribution in [0.25, 0.3) is 0 Å². The van der Waals surface area contributed by atoms with E-state index in [1.165, 1.54) is 0 Å². The summed E-state index contributed by atoms with van der Waals surface area (Å²) in [5.41, 5.74) is 9.47. The normalized spacial score (nSPS) is 16.9. The maximum Gasteiger partial charge on any atom is 0.323 e. The summed E-state index contributed by atoms with van der Waals surface area (Å²) in [6.07, 6.45) is 1.81. The van der Waals surface area contributed by atoms with E-state index in [9.17, 15) is 9.90 Å². The number of aliphatic imine (C=N–C) groups is 1. The molecule has 178 valence electrons. The summed E-state index contributed by atoms with van der Waals surface area (Å²) < 4.78 is 0. The number of amides is 2. The molecule has 9 heteroatoms. The molecular formula is C25H31N7O2. The Morgan fingerprint density at radius 2 is 1.88 bits per heavy atom. The molecule has 0 bridgehead atoms. The van der Waals surface area contributed by atoms with Crippen LogP contribution in [0.1, 0.15) is 17.2 Å². The van der Waals surface area contributed by atoms with E-state index in [1.54, 1.807) is 7.05 Å².